The molecule has 0 saturated heterocycles. The molecule has 1 aromatic carbocycles. The van der Waals surface area contributed by atoms with E-state index in [-0.39, 0.29) is 5.92 Å². The average molecular weight is 394 g/mol. The number of rotatable bonds is 4. The third kappa shape index (κ3) is 4.23. The predicted octanol–water partition coefficient (Wildman–Crippen LogP) is 5.46. The molecular formula is C21H28ClNO2S. The Morgan fingerprint density at radius 1 is 1.08 bits per heavy atom. The lowest BCUT2D eigenvalue weighted by Gasteiger charge is -2.30. The molecule has 1 aliphatic heterocycles. The van der Waals surface area contributed by atoms with Crippen LogP contribution < -0.4 is 0 Å². The lowest BCUT2D eigenvalue weighted by molar-refractivity contribution is 0.342. The zero-order chi connectivity index (χ0) is 18.9. The third-order valence-corrected chi connectivity index (χ3v) is 8.69. The smallest absolute Gasteiger partial charge is 0.155 e. The second-order valence-electron chi connectivity index (χ2n) is 8.51. The van der Waals surface area contributed by atoms with E-state index in [0.29, 0.717) is 11.7 Å². The van der Waals surface area contributed by atoms with Crippen molar-refractivity contribution in [2.45, 2.75) is 57.6 Å². The van der Waals surface area contributed by atoms with Gasteiger partial charge in [0.25, 0.3) is 0 Å². The van der Waals surface area contributed by atoms with Gasteiger partial charge < -0.3 is 0 Å². The summed E-state index contributed by atoms with van der Waals surface area (Å²) in [6, 6.07) is 10.1. The summed E-state index contributed by atoms with van der Waals surface area (Å²) in [6.07, 6.45) is 4.67. The van der Waals surface area contributed by atoms with Gasteiger partial charge in [-0.15, -0.1) is 0 Å². The Morgan fingerprint density at radius 2 is 1.69 bits per heavy atom. The topological polar surface area (TPSA) is 46.5 Å². The highest BCUT2D eigenvalue weighted by atomic mass is 35.5. The molecule has 0 radical (unpaired) electrons. The van der Waals surface area contributed by atoms with Crippen molar-refractivity contribution in [1.82, 2.24) is 0 Å². The Hall–Kier alpha value is -1.13. The van der Waals surface area contributed by atoms with Crippen molar-refractivity contribution in [1.29, 1.82) is 0 Å². The highest BCUT2D eigenvalue weighted by molar-refractivity contribution is 7.92. The standard InChI is InChI=1S/C21H28ClNO2S/c1-21(2,3)26(24,25)14-15-9-11-16(12-10-15)19-13-18(22)20(23-19)17-7-5-4-6-8-17/h4-8,15-16H,9-14H2,1-3H3. The van der Waals surface area contributed by atoms with Gasteiger partial charge in [-0.25, -0.2) is 8.42 Å². The number of benzene rings is 1. The molecule has 0 amide bonds. The quantitative estimate of drug-likeness (QED) is 0.681. The molecule has 3 rings (SSSR count). The summed E-state index contributed by atoms with van der Waals surface area (Å²) in [5.41, 5.74) is 3.14. The molecule has 0 spiro atoms. The van der Waals surface area contributed by atoms with Gasteiger partial charge in [0.2, 0.25) is 0 Å². The molecule has 26 heavy (non-hydrogen) atoms. The minimum Gasteiger partial charge on any atom is -0.255 e. The molecule has 1 heterocycles. The van der Waals surface area contributed by atoms with Crippen molar-refractivity contribution in [3.63, 3.8) is 0 Å². The average Bonchev–Trinajstić information content (AvgIpc) is 2.97. The van der Waals surface area contributed by atoms with Crippen LogP contribution in [0.2, 0.25) is 0 Å². The Morgan fingerprint density at radius 3 is 2.27 bits per heavy atom. The predicted molar refractivity (Wildman–Crippen MR) is 110 cm³/mol. The van der Waals surface area contributed by atoms with E-state index < -0.39 is 14.6 Å². The largest absolute Gasteiger partial charge is 0.255 e. The third-order valence-electron chi connectivity index (χ3n) is 5.60. The normalized spacial score (nSPS) is 24.7. The first kappa shape index (κ1) is 19.6. The minimum absolute atomic E-state index is 0.273. The van der Waals surface area contributed by atoms with E-state index >= 15 is 0 Å². The van der Waals surface area contributed by atoms with Crippen LogP contribution in [0.3, 0.4) is 0 Å². The summed E-state index contributed by atoms with van der Waals surface area (Å²) in [5.74, 6) is 1.01. The van der Waals surface area contributed by atoms with Crippen LogP contribution in [0, 0.1) is 11.8 Å². The maximum atomic E-state index is 12.5. The Bertz CT molecular complexity index is 811. The summed E-state index contributed by atoms with van der Waals surface area (Å²) in [4.78, 5) is 4.85. The number of aliphatic imine (C=N–C) groups is 1. The number of nitrogens with zero attached hydrogens (tertiary/aromatic N) is 1. The summed E-state index contributed by atoms with van der Waals surface area (Å²) >= 11 is 6.48. The molecule has 0 unspecified atom stereocenters. The van der Waals surface area contributed by atoms with E-state index in [1.807, 2.05) is 30.3 Å². The molecule has 1 aliphatic carbocycles. The molecule has 1 aromatic rings. The van der Waals surface area contributed by atoms with Gasteiger partial charge in [0.15, 0.2) is 9.84 Å². The molecule has 1 saturated carbocycles. The van der Waals surface area contributed by atoms with Gasteiger partial charge in [-0.2, -0.15) is 0 Å². The van der Waals surface area contributed by atoms with Gasteiger partial charge >= 0.3 is 0 Å². The fraction of sp³-hybridized carbons (Fsp3) is 0.571. The molecule has 0 bridgehead atoms. The molecule has 5 heteroatoms. The second kappa shape index (κ2) is 7.47. The van der Waals surface area contributed by atoms with Crippen molar-refractivity contribution in [3.8, 4) is 0 Å². The lowest BCUT2D eigenvalue weighted by Crippen LogP contribution is -2.34. The summed E-state index contributed by atoms with van der Waals surface area (Å²) in [5, 5.41) is 0.823. The highest BCUT2D eigenvalue weighted by Crippen LogP contribution is 2.39. The molecule has 3 nitrogen and oxygen atoms in total. The molecule has 142 valence electrons. The number of allylic oxidation sites excluding steroid dienone is 1. The van der Waals surface area contributed by atoms with E-state index in [1.165, 1.54) is 5.71 Å². The van der Waals surface area contributed by atoms with Crippen molar-refractivity contribution in [3.05, 3.63) is 40.9 Å². The van der Waals surface area contributed by atoms with E-state index in [0.717, 1.165) is 48.4 Å². The maximum absolute atomic E-state index is 12.5. The Labute approximate surface area is 162 Å². The first-order valence-electron chi connectivity index (χ1n) is 9.41. The van der Waals surface area contributed by atoms with E-state index in [1.54, 1.807) is 20.8 Å². The van der Waals surface area contributed by atoms with Crippen LogP contribution in [-0.2, 0) is 9.84 Å². The molecule has 0 atom stereocenters. The molecule has 0 aromatic heterocycles. The van der Waals surface area contributed by atoms with Crippen LogP contribution in [0.1, 0.15) is 58.4 Å². The van der Waals surface area contributed by atoms with Crippen LogP contribution in [0.15, 0.2) is 40.4 Å². The van der Waals surface area contributed by atoms with Crippen molar-refractivity contribution in [2.75, 3.05) is 5.75 Å². The van der Waals surface area contributed by atoms with Gasteiger partial charge in [-0.05, 0) is 58.3 Å². The minimum atomic E-state index is -3.05. The Kier molecular flexibility index (Phi) is 5.64. The number of hydrogen-bond donors (Lipinski definition) is 0. The summed E-state index contributed by atoms with van der Waals surface area (Å²) in [7, 11) is -3.05. The lowest BCUT2D eigenvalue weighted by atomic mass is 9.80. The number of hydrogen-bond acceptors (Lipinski definition) is 3. The monoisotopic (exact) mass is 393 g/mol. The summed E-state index contributed by atoms with van der Waals surface area (Å²) < 4.78 is 24.2. The zero-order valence-corrected chi connectivity index (χ0v) is 17.4. The van der Waals surface area contributed by atoms with Crippen molar-refractivity contribution in [2.24, 2.45) is 16.8 Å². The van der Waals surface area contributed by atoms with E-state index in [2.05, 4.69) is 0 Å². The highest BCUT2D eigenvalue weighted by Gasteiger charge is 2.35. The van der Waals surface area contributed by atoms with Crippen LogP contribution in [-0.4, -0.2) is 24.6 Å². The summed E-state index contributed by atoms with van der Waals surface area (Å²) in [6.45, 7) is 5.38. The van der Waals surface area contributed by atoms with Gasteiger partial charge in [-0.3, -0.25) is 4.99 Å². The van der Waals surface area contributed by atoms with Gasteiger partial charge in [0.1, 0.15) is 0 Å². The molecule has 1 fully saturated rings. The second-order valence-corrected chi connectivity index (χ2v) is 11.8. The first-order chi connectivity index (χ1) is 12.2. The molecule has 2 aliphatic rings. The fourth-order valence-electron chi connectivity index (χ4n) is 3.76. The fourth-order valence-corrected chi connectivity index (χ4v) is 5.50. The Balaban J connectivity index is 1.61. The van der Waals surface area contributed by atoms with Crippen LogP contribution >= 0.6 is 11.6 Å². The van der Waals surface area contributed by atoms with Crippen LogP contribution in [0.5, 0.6) is 0 Å². The van der Waals surface area contributed by atoms with Crippen LogP contribution in [0.4, 0.5) is 0 Å². The van der Waals surface area contributed by atoms with Gasteiger partial charge in [0, 0.05) is 22.7 Å². The van der Waals surface area contributed by atoms with Gasteiger partial charge in [-0.1, -0.05) is 41.9 Å². The van der Waals surface area contributed by atoms with Gasteiger partial charge in [0.05, 0.1) is 16.2 Å². The maximum Gasteiger partial charge on any atom is 0.155 e. The van der Waals surface area contributed by atoms with Crippen molar-refractivity contribution >= 4 is 32.8 Å². The number of sulfone groups is 1. The zero-order valence-electron chi connectivity index (χ0n) is 15.8. The SMILES string of the molecule is CC(C)(C)S(=O)(=O)CC1CCC(C2=NC(c3ccccc3)=C(Cl)C2)CC1. The van der Waals surface area contributed by atoms with E-state index in [4.69, 9.17) is 16.6 Å². The van der Waals surface area contributed by atoms with Crippen molar-refractivity contribution < 1.29 is 8.42 Å². The molecule has 0 N–H and O–H groups in total. The first-order valence-corrected chi connectivity index (χ1v) is 11.4. The molecular weight excluding hydrogens is 366 g/mol. The number of halogens is 1. The van der Waals surface area contributed by atoms with Crippen LogP contribution in [0.25, 0.3) is 5.70 Å². The van der Waals surface area contributed by atoms with E-state index in [9.17, 15) is 8.42 Å².